The standard InChI is InChI=1S/C26H38N2O4/c1-26(2)20-7-6-19(23(26)16-20)18-28(11-5-10-27-12-14-32-15-13-27)25(29)22-9-8-21(30-3)17-24(22)31-4/h6,8-9,17,20,23H,5,7,10-16,18H2,1-4H3. The molecule has 176 valence electrons. The first-order valence-corrected chi connectivity index (χ1v) is 11.9. The lowest BCUT2D eigenvalue weighted by molar-refractivity contribution is -0.0104. The minimum absolute atomic E-state index is 0.0339. The van der Waals surface area contributed by atoms with Crippen LogP contribution in [0.25, 0.3) is 0 Å². The zero-order valence-corrected chi connectivity index (χ0v) is 20.1. The van der Waals surface area contributed by atoms with Gasteiger partial charge < -0.3 is 19.1 Å². The van der Waals surface area contributed by atoms with Gasteiger partial charge in [-0.3, -0.25) is 9.69 Å². The quantitative estimate of drug-likeness (QED) is 0.544. The third-order valence-electron chi connectivity index (χ3n) is 7.89. The molecule has 0 radical (unpaired) electrons. The van der Waals surface area contributed by atoms with E-state index in [2.05, 4.69) is 24.8 Å². The maximum absolute atomic E-state index is 13.7. The molecule has 1 saturated carbocycles. The molecule has 4 aliphatic rings. The summed E-state index contributed by atoms with van der Waals surface area (Å²) in [6, 6.07) is 5.45. The Bertz CT molecular complexity index is 844. The van der Waals surface area contributed by atoms with Gasteiger partial charge >= 0.3 is 0 Å². The number of carbonyl (C=O) groups excluding carboxylic acids is 1. The van der Waals surface area contributed by atoms with Crippen LogP contribution in [-0.4, -0.2) is 75.9 Å². The molecule has 2 bridgehead atoms. The number of nitrogens with zero attached hydrogens (tertiary/aromatic N) is 2. The lowest BCUT2D eigenvalue weighted by atomic mass is 9.49. The van der Waals surface area contributed by atoms with Gasteiger partial charge in [0.2, 0.25) is 0 Å². The number of benzene rings is 1. The monoisotopic (exact) mass is 442 g/mol. The number of hydrogen-bond donors (Lipinski definition) is 0. The van der Waals surface area contributed by atoms with Crippen LogP contribution >= 0.6 is 0 Å². The second kappa shape index (κ2) is 9.84. The molecule has 1 aromatic carbocycles. The Balaban J connectivity index is 1.50. The van der Waals surface area contributed by atoms with Crippen LogP contribution in [0.5, 0.6) is 11.5 Å². The fraction of sp³-hybridized carbons (Fsp3) is 0.654. The van der Waals surface area contributed by atoms with Crippen LogP contribution in [0.2, 0.25) is 0 Å². The van der Waals surface area contributed by atoms with E-state index in [-0.39, 0.29) is 5.91 Å². The molecular weight excluding hydrogens is 404 g/mol. The van der Waals surface area contributed by atoms with E-state index in [0.717, 1.165) is 58.2 Å². The molecule has 5 rings (SSSR count). The molecule has 6 nitrogen and oxygen atoms in total. The number of amides is 1. The summed E-state index contributed by atoms with van der Waals surface area (Å²) in [5.41, 5.74) is 2.39. The number of allylic oxidation sites excluding steroid dienone is 1. The topological polar surface area (TPSA) is 51.2 Å². The highest BCUT2D eigenvalue weighted by molar-refractivity contribution is 5.97. The van der Waals surface area contributed by atoms with Gasteiger partial charge in [-0.2, -0.15) is 0 Å². The third-order valence-corrected chi connectivity index (χ3v) is 7.89. The van der Waals surface area contributed by atoms with Crippen molar-refractivity contribution in [1.29, 1.82) is 0 Å². The van der Waals surface area contributed by atoms with Crippen molar-refractivity contribution in [2.75, 3.05) is 60.2 Å². The molecule has 0 N–H and O–H groups in total. The van der Waals surface area contributed by atoms with Crippen LogP contribution < -0.4 is 9.47 Å². The normalized spacial score (nSPS) is 24.3. The molecule has 2 fully saturated rings. The molecule has 1 aliphatic heterocycles. The van der Waals surface area contributed by atoms with Gasteiger partial charge in [0.1, 0.15) is 11.5 Å². The Morgan fingerprint density at radius 3 is 2.66 bits per heavy atom. The highest BCUT2D eigenvalue weighted by Crippen LogP contribution is 2.59. The number of carbonyl (C=O) groups is 1. The van der Waals surface area contributed by atoms with Gasteiger partial charge in [-0.1, -0.05) is 25.5 Å². The minimum atomic E-state index is 0.0339. The van der Waals surface area contributed by atoms with Crippen LogP contribution in [0, 0.1) is 17.3 Å². The highest BCUT2D eigenvalue weighted by atomic mass is 16.5. The summed E-state index contributed by atoms with van der Waals surface area (Å²) in [7, 11) is 3.23. The maximum Gasteiger partial charge on any atom is 0.257 e. The van der Waals surface area contributed by atoms with E-state index in [1.54, 1.807) is 20.3 Å². The highest BCUT2D eigenvalue weighted by Gasteiger charge is 2.51. The van der Waals surface area contributed by atoms with Crippen molar-refractivity contribution in [2.45, 2.75) is 33.1 Å². The van der Waals surface area contributed by atoms with Crippen molar-refractivity contribution in [3.05, 3.63) is 35.4 Å². The SMILES string of the molecule is COc1ccc(C(=O)N(CCCN2CCOCC2)CC2=CCC3CC2C3(C)C)c(OC)c1. The average molecular weight is 443 g/mol. The van der Waals surface area contributed by atoms with Crippen molar-refractivity contribution < 1.29 is 19.0 Å². The van der Waals surface area contributed by atoms with E-state index in [1.807, 2.05) is 17.0 Å². The zero-order valence-electron chi connectivity index (χ0n) is 20.1. The summed E-state index contributed by atoms with van der Waals surface area (Å²) in [5.74, 6) is 2.67. The molecule has 3 aliphatic carbocycles. The first-order chi connectivity index (χ1) is 15.4. The predicted octanol–water partition coefficient (Wildman–Crippen LogP) is 3.86. The van der Waals surface area contributed by atoms with E-state index in [4.69, 9.17) is 14.2 Å². The Morgan fingerprint density at radius 2 is 2.00 bits per heavy atom. The third kappa shape index (κ3) is 4.67. The lowest BCUT2D eigenvalue weighted by Gasteiger charge is -2.57. The summed E-state index contributed by atoms with van der Waals surface area (Å²) in [6.45, 7) is 10.8. The molecule has 2 unspecified atom stereocenters. The lowest BCUT2D eigenvalue weighted by Crippen LogP contribution is -2.50. The molecule has 0 spiro atoms. The van der Waals surface area contributed by atoms with E-state index < -0.39 is 0 Å². The molecule has 2 atom stereocenters. The van der Waals surface area contributed by atoms with E-state index in [0.29, 0.717) is 34.9 Å². The number of rotatable bonds is 9. The Labute approximate surface area is 192 Å². The predicted molar refractivity (Wildman–Crippen MR) is 125 cm³/mol. The maximum atomic E-state index is 13.7. The fourth-order valence-corrected chi connectivity index (χ4v) is 5.58. The van der Waals surface area contributed by atoms with Crippen LogP contribution in [0.15, 0.2) is 29.8 Å². The van der Waals surface area contributed by atoms with Gasteiger partial charge in [-0.05, 0) is 48.6 Å². The molecule has 1 amide bonds. The van der Waals surface area contributed by atoms with Crippen LogP contribution in [0.1, 0.15) is 43.5 Å². The molecular formula is C26H38N2O4. The largest absolute Gasteiger partial charge is 0.497 e. The van der Waals surface area contributed by atoms with Crippen molar-refractivity contribution >= 4 is 5.91 Å². The van der Waals surface area contributed by atoms with Crippen molar-refractivity contribution in [3.8, 4) is 11.5 Å². The fourth-order valence-electron chi connectivity index (χ4n) is 5.58. The molecule has 1 saturated heterocycles. The Kier molecular flexibility index (Phi) is 7.11. The zero-order chi connectivity index (χ0) is 22.7. The van der Waals surface area contributed by atoms with Crippen LogP contribution in [0.3, 0.4) is 0 Å². The van der Waals surface area contributed by atoms with Crippen molar-refractivity contribution in [1.82, 2.24) is 9.80 Å². The summed E-state index contributed by atoms with van der Waals surface area (Å²) >= 11 is 0. The smallest absolute Gasteiger partial charge is 0.257 e. The van der Waals surface area contributed by atoms with Crippen molar-refractivity contribution in [2.24, 2.45) is 17.3 Å². The number of hydrogen-bond acceptors (Lipinski definition) is 5. The van der Waals surface area contributed by atoms with E-state index in [1.165, 1.54) is 12.0 Å². The van der Waals surface area contributed by atoms with Crippen molar-refractivity contribution in [3.63, 3.8) is 0 Å². The Hall–Kier alpha value is -2.05. The number of ether oxygens (including phenoxy) is 3. The number of fused-ring (bicyclic) bond motifs is 1. The second-order valence-corrected chi connectivity index (χ2v) is 9.92. The van der Waals surface area contributed by atoms with Gasteiger partial charge in [0.15, 0.2) is 0 Å². The number of methoxy groups -OCH3 is 2. The first-order valence-electron chi connectivity index (χ1n) is 11.9. The molecule has 32 heavy (non-hydrogen) atoms. The summed E-state index contributed by atoms with van der Waals surface area (Å²) < 4.78 is 16.3. The number of morpholine rings is 1. The van der Waals surface area contributed by atoms with Gasteiger partial charge in [0.25, 0.3) is 5.91 Å². The second-order valence-electron chi connectivity index (χ2n) is 9.92. The average Bonchev–Trinajstić information content (AvgIpc) is 2.83. The van der Waals surface area contributed by atoms with E-state index in [9.17, 15) is 4.79 Å². The summed E-state index contributed by atoms with van der Waals surface area (Å²) in [4.78, 5) is 18.2. The molecule has 1 heterocycles. The van der Waals surface area contributed by atoms with E-state index >= 15 is 0 Å². The first kappa shape index (κ1) is 23.1. The summed E-state index contributed by atoms with van der Waals surface area (Å²) in [5, 5.41) is 0. The molecule has 6 heteroatoms. The molecule has 1 aromatic rings. The summed E-state index contributed by atoms with van der Waals surface area (Å²) in [6.07, 6.45) is 5.76. The molecule has 0 aromatic heterocycles. The Morgan fingerprint density at radius 1 is 1.22 bits per heavy atom. The van der Waals surface area contributed by atoms with Gasteiger partial charge in [0.05, 0.1) is 33.0 Å². The van der Waals surface area contributed by atoms with Crippen LogP contribution in [-0.2, 0) is 4.74 Å². The van der Waals surface area contributed by atoms with Gasteiger partial charge in [0, 0.05) is 38.8 Å². The van der Waals surface area contributed by atoms with Crippen LogP contribution in [0.4, 0.5) is 0 Å². The van der Waals surface area contributed by atoms with Gasteiger partial charge in [-0.25, -0.2) is 0 Å². The van der Waals surface area contributed by atoms with Gasteiger partial charge in [-0.15, -0.1) is 0 Å². The minimum Gasteiger partial charge on any atom is -0.497 e.